The fourth-order valence-electron chi connectivity index (χ4n) is 1.75. The number of aryl methyl sites for hydroxylation is 2. The number of hydrogen-bond donors (Lipinski definition) is 1. The van der Waals surface area contributed by atoms with Crippen LogP contribution in [0.25, 0.3) is 0 Å². The summed E-state index contributed by atoms with van der Waals surface area (Å²) in [6.07, 6.45) is 1.81. The van der Waals surface area contributed by atoms with Crippen molar-refractivity contribution in [2.45, 2.75) is 13.3 Å². The van der Waals surface area contributed by atoms with Gasteiger partial charge in [-0.2, -0.15) is 5.10 Å². The molecule has 1 aromatic carbocycles. The van der Waals surface area contributed by atoms with Gasteiger partial charge < -0.3 is 5.32 Å². The quantitative estimate of drug-likeness (QED) is 0.533. The monoisotopic (exact) mass is 291 g/mol. The normalized spacial score (nSPS) is 10.9. The van der Waals surface area contributed by atoms with Crippen LogP contribution < -0.4 is 5.32 Å². The van der Waals surface area contributed by atoms with Crippen molar-refractivity contribution < 1.29 is 22.0 Å². The number of rotatable bonds is 3. The second kappa shape index (κ2) is 5.10. The minimum absolute atomic E-state index is 0.179. The van der Waals surface area contributed by atoms with Crippen LogP contribution in [-0.4, -0.2) is 9.78 Å². The molecule has 0 saturated carbocycles. The van der Waals surface area contributed by atoms with E-state index in [2.05, 4.69) is 10.4 Å². The van der Waals surface area contributed by atoms with E-state index in [4.69, 9.17) is 0 Å². The standard InChI is InChI=1S/C12H10F5N3/c1-3-5-6(4-20(2)19-5)18-12-10(16)8(14)7(13)9(15)11(12)17/h4,18H,3H2,1-2H3. The van der Waals surface area contributed by atoms with Gasteiger partial charge in [-0.1, -0.05) is 6.92 Å². The maximum atomic E-state index is 13.5. The molecule has 0 aliphatic rings. The van der Waals surface area contributed by atoms with E-state index in [0.717, 1.165) is 0 Å². The zero-order chi connectivity index (χ0) is 15.0. The first-order chi connectivity index (χ1) is 9.36. The third-order valence-electron chi connectivity index (χ3n) is 2.71. The number of halogens is 5. The van der Waals surface area contributed by atoms with Crippen molar-refractivity contribution in [3.63, 3.8) is 0 Å². The summed E-state index contributed by atoms with van der Waals surface area (Å²) in [6, 6.07) is 0. The summed E-state index contributed by atoms with van der Waals surface area (Å²) in [5.41, 5.74) is -0.473. The molecule has 0 aliphatic heterocycles. The fraction of sp³-hybridized carbons (Fsp3) is 0.250. The van der Waals surface area contributed by atoms with E-state index in [1.54, 1.807) is 14.0 Å². The average molecular weight is 291 g/mol. The molecule has 0 spiro atoms. The van der Waals surface area contributed by atoms with Gasteiger partial charge in [0.15, 0.2) is 23.3 Å². The molecule has 3 nitrogen and oxygen atoms in total. The van der Waals surface area contributed by atoms with Crippen molar-refractivity contribution in [2.75, 3.05) is 5.32 Å². The van der Waals surface area contributed by atoms with E-state index in [0.29, 0.717) is 12.1 Å². The van der Waals surface area contributed by atoms with Gasteiger partial charge in [0.2, 0.25) is 5.82 Å². The van der Waals surface area contributed by atoms with E-state index in [9.17, 15) is 22.0 Å². The maximum Gasteiger partial charge on any atom is 0.200 e. The topological polar surface area (TPSA) is 29.9 Å². The molecule has 108 valence electrons. The van der Waals surface area contributed by atoms with Crippen LogP contribution in [0.3, 0.4) is 0 Å². The molecule has 0 bridgehead atoms. The van der Waals surface area contributed by atoms with E-state index in [-0.39, 0.29) is 5.69 Å². The predicted molar refractivity (Wildman–Crippen MR) is 62.1 cm³/mol. The SMILES string of the molecule is CCc1nn(C)cc1Nc1c(F)c(F)c(F)c(F)c1F. The summed E-state index contributed by atoms with van der Waals surface area (Å²) < 4.78 is 67.5. The van der Waals surface area contributed by atoms with Crippen LogP contribution in [0.1, 0.15) is 12.6 Å². The number of anilines is 2. The van der Waals surface area contributed by atoms with Gasteiger partial charge >= 0.3 is 0 Å². The molecule has 20 heavy (non-hydrogen) atoms. The van der Waals surface area contributed by atoms with E-state index in [1.807, 2.05) is 0 Å². The highest BCUT2D eigenvalue weighted by Crippen LogP contribution is 2.30. The second-order valence-corrected chi connectivity index (χ2v) is 4.09. The maximum absolute atomic E-state index is 13.5. The van der Waals surface area contributed by atoms with Crippen molar-refractivity contribution in [1.82, 2.24) is 9.78 Å². The Bertz CT molecular complexity index is 637. The lowest BCUT2D eigenvalue weighted by molar-refractivity contribution is 0.382. The molecule has 0 unspecified atom stereocenters. The number of benzene rings is 1. The molecule has 0 amide bonds. The minimum atomic E-state index is -2.19. The van der Waals surface area contributed by atoms with Crippen LogP contribution in [-0.2, 0) is 13.5 Å². The van der Waals surface area contributed by atoms with Crippen LogP contribution in [0, 0.1) is 29.1 Å². The van der Waals surface area contributed by atoms with Gasteiger partial charge in [0.1, 0.15) is 5.69 Å². The average Bonchev–Trinajstić information content (AvgIpc) is 2.79. The summed E-state index contributed by atoms with van der Waals surface area (Å²) in [4.78, 5) is 0. The van der Waals surface area contributed by atoms with Crippen LogP contribution in [0.5, 0.6) is 0 Å². The Kier molecular flexibility index (Phi) is 3.65. The Morgan fingerprint density at radius 1 is 1.00 bits per heavy atom. The lowest BCUT2D eigenvalue weighted by Crippen LogP contribution is -2.07. The molecule has 0 fully saturated rings. The first kappa shape index (κ1) is 14.3. The Morgan fingerprint density at radius 2 is 1.50 bits per heavy atom. The van der Waals surface area contributed by atoms with Crippen molar-refractivity contribution >= 4 is 11.4 Å². The van der Waals surface area contributed by atoms with Gasteiger partial charge in [-0.3, -0.25) is 4.68 Å². The van der Waals surface area contributed by atoms with Crippen LogP contribution in [0.15, 0.2) is 6.20 Å². The molecule has 1 heterocycles. The summed E-state index contributed by atoms with van der Waals surface area (Å²) in [5, 5.41) is 6.20. The third-order valence-corrected chi connectivity index (χ3v) is 2.71. The number of nitrogens with zero attached hydrogens (tertiary/aromatic N) is 2. The van der Waals surface area contributed by atoms with Gasteiger partial charge in [-0.25, -0.2) is 22.0 Å². The number of nitrogens with one attached hydrogen (secondary N) is 1. The molecule has 1 aromatic heterocycles. The highest BCUT2D eigenvalue weighted by molar-refractivity contribution is 5.62. The summed E-state index contributed by atoms with van der Waals surface area (Å²) >= 11 is 0. The predicted octanol–water partition coefficient (Wildman–Crippen LogP) is 3.42. The minimum Gasteiger partial charge on any atom is -0.348 e. The first-order valence-corrected chi connectivity index (χ1v) is 5.67. The fourth-order valence-corrected chi connectivity index (χ4v) is 1.75. The smallest absolute Gasteiger partial charge is 0.200 e. The zero-order valence-electron chi connectivity index (χ0n) is 10.6. The van der Waals surface area contributed by atoms with E-state index in [1.165, 1.54) is 10.9 Å². The van der Waals surface area contributed by atoms with Crippen molar-refractivity contribution in [2.24, 2.45) is 7.05 Å². The molecular weight excluding hydrogens is 281 g/mol. The molecule has 2 rings (SSSR count). The molecule has 0 radical (unpaired) electrons. The third kappa shape index (κ3) is 2.21. The van der Waals surface area contributed by atoms with Crippen LogP contribution >= 0.6 is 0 Å². The highest BCUT2D eigenvalue weighted by atomic mass is 19.2. The second-order valence-electron chi connectivity index (χ2n) is 4.09. The highest BCUT2D eigenvalue weighted by Gasteiger charge is 2.26. The zero-order valence-corrected chi connectivity index (χ0v) is 10.6. The van der Waals surface area contributed by atoms with Gasteiger partial charge in [0.25, 0.3) is 0 Å². The Balaban J connectivity index is 2.54. The van der Waals surface area contributed by atoms with Gasteiger partial charge in [-0.15, -0.1) is 0 Å². The lowest BCUT2D eigenvalue weighted by atomic mass is 10.2. The van der Waals surface area contributed by atoms with Crippen LogP contribution in [0.2, 0.25) is 0 Å². The molecule has 8 heteroatoms. The molecule has 2 aromatic rings. The summed E-state index contributed by atoms with van der Waals surface area (Å²) in [6.45, 7) is 1.74. The van der Waals surface area contributed by atoms with Crippen LogP contribution in [0.4, 0.5) is 33.3 Å². The molecule has 0 saturated heterocycles. The Morgan fingerprint density at radius 3 is 2.00 bits per heavy atom. The Labute approximate surface area is 111 Å². The summed E-state index contributed by atoms with van der Waals surface area (Å²) in [5.74, 6) is -9.99. The van der Waals surface area contributed by atoms with E-state index < -0.39 is 34.8 Å². The Hall–Kier alpha value is -2.12. The van der Waals surface area contributed by atoms with Crippen molar-refractivity contribution in [1.29, 1.82) is 0 Å². The number of hydrogen-bond acceptors (Lipinski definition) is 2. The van der Waals surface area contributed by atoms with Gasteiger partial charge in [0.05, 0.1) is 11.4 Å². The molecule has 1 N–H and O–H groups in total. The lowest BCUT2D eigenvalue weighted by Gasteiger charge is -2.10. The van der Waals surface area contributed by atoms with Crippen molar-refractivity contribution in [3.05, 3.63) is 41.0 Å². The van der Waals surface area contributed by atoms with Gasteiger partial charge in [0, 0.05) is 13.2 Å². The van der Waals surface area contributed by atoms with Gasteiger partial charge in [-0.05, 0) is 6.42 Å². The molecule has 0 atom stereocenters. The first-order valence-electron chi connectivity index (χ1n) is 5.67. The molecule has 0 aliphatic carbocycles. The molecular formula is C12H10F5N3. The van der Waals surface area contributed by atoms with Crippen molar-refractivity contribution in [3.8, 4) is 0 Å². The largest absolute Gasteiger partial charge is 0.348 e. The summed E-state index contributed by atoms with van der Waals surface area (Å²) in [7, 11) is 1.57. The van der Waals surface area contributed by atoms with E-state index >= 15 is 0 Å². The number of aromatic nitrogens is 2.